The zero-order valence-electron chi connectivity index (χ0n) is 22.5. The van der Waals surface area contributed by atoms with Crippen molar-refractivity contribution in [3.05, 3.63) is 29.3 Å². The molecule has 23 nitrogen and oxygen atoms in total. The van der Waals surface area contributed by atoms with Gasteiger partial charge in [-0.25, -0.2) is 29.1 Å². The smallest absolute Gasteiger partial charge is 0.386 e. The maximum Gasteiger partial charge on any atom is 0.472 e. The Kier molecular flexibility index (Phi) is 7.27. The fourth-order valence-electron chi connectivity index (χ4n) is 5.35. The number of aromatic amines is 1. The number of phosphoric acid groups is 2. The number of anilines is 2. The predicted octanol–water partition coefficient (Wildman–Crippen LogP) is -2.38. The SMILES string of the molecule is Nc1nc2c(ncn2[C@@H]2O[C@@H]3COP(=O)(O)O[C@@H]4C(COP(=O)(O)O[C@@H]2[C@@H]3N)O[C@@H](n2cnc3c(N)ncnc32)[C@@H]4O)c(=O)[nH]1. The van der Waals surface area contributed by atoms with Crippen LogP contribution in [0.2, 0.25) is 0 Å². The molecule has 0 spiro atoms. The summed E-state index contributed by atoms with van der Waals surface area (Å²) in [4.78, 5) is 56.0. The zero-order valence-corrected chi connectivity index (χ0v) is 24.3. The van der Waals surface area contributed by atoms with E-state index in [-0.39, 0.29) is 34.1 Å². The molecule has 3 aliphatic rings. The summed E-state index contributed by atoms with van der Waals surface area (Å²) in [5.74, 6) is -0.208. The van der Waals surface area contributed by atoms with Gasteiger partial charge in [-0.05, 0) is 0 Å². The van der Waals surface area contributed by atoms with Crippen molar-refractivity contribution in [3.8, 4) is 0 Å². The Hall–Kier alpha value is -3.44. The van der Waals surface area contributed by atoms with Crippen LogP contribution in [0.3, 0.4) is 0 Å². The number of phosphoric ester groups is 2. The molecule has 3 aliphatic heterocycles. The van der Waals surface area contributed by atoms with E-state index >= 15 is 0 Å². The first-order valence-corrected chi connectivity index (χ1v) is 16.0. The molecule has 4 aromatic rings. The van der Waals surface area contributed by atoms with E-state index in [0.29, 0.717) is 0 Å². The van der Waals surface area contributed by atoms with Gasteiger partial charge in [0.25, 0.3) is 5.56 Å². The number of hydrogen-bond acceptors (Lipinski definition) is 18. The summed E-state index contributed by atoms with van der Waals surface area (Å²) in [6.45, 7) is -1.49. The molecular weight excluding hydrogens is 648 g/mol. The van der Waals surface area contributed by atoms with Crippen LogP contribution in [-0.4, -0.2) is 104 Å². The summed E-state index contributed by atoms with van der Waals surface area (Å²) in [6, 6.07) is -1.27. The molecule has 0 aliphatic carbocycles. The van der Waals surface area contributed by atoms with Crippen LogP contribution in [0.25, 0.3) is 22.3 Å². The van der Waals surface area contributed by atoms with Crippen LogP contribution in [0.5, 0.6) is 0 Å². The number of aromatic nitrogens is 8. The molecule has 0 saturated carbocycles. The number of nitrogen functional groups attached to an aromatic ring is 2. The van der Waals surface area contributed by atoms with Crippen molar-refractivity contribution < 1.29 is 51.6 Å². The number of fused-ring (bicyclic) bond motifs is 5. The minimum Gasteiger partial charge on any atom is -0.386 e. The highest BCUT2D eigenvalue weighted by molar-refractivity contribution is 7.47. The number of H-pyrrole nitrogens is 1. The molecule has 3 unspecified atom stereocenters. The molecule has 10 atom stereocenters. The van der Waals surface area contributed by atoms with Gasteiger partial charge in [-0.1, -0.05) is 0 Å². The Morgan fingerprint density at radius 2 is 1.49 bits per heavy atom. The molecule has 242 valence electrons. The number of ether oxygens (including phenoxy) is 2. The second-order valence-corrected chi connectivity index (χ2v) is 13.0. The summed E-state index contributed by atoms with van der Waals surface area (Å²) in [7, 11) is -10.0. The van der Waals surface area contributed by atoms with Gasteiger partial charge in [-0.15, -0.1) is 0 Å². The average molecular weight is 673 g/mol. The third-order valence-electron chi connectivity index (χ3n) is 7.41. The second-order valence-electron chi connectivity index (χ2n) is 10.2. The van der Waals surface area contributed by atoms with Gasteiger partial charge in [-0.3, -0.25) is 37.0 Å². The van der Waals surface area contributed by atoms with Gasteiger partial charge in [0.15, 0.2) is 35.1 Å². The minimum absolute atomic E-state index is 0.0445. The molecule has 3 saturated heterocycles. The van der Waals surface area contributed by atoms with Crippen molar-refractivity contribution in [2.75, 3.05) is 24.7 Å². The third-order valence-corrected chi connectivity index (χ3v) is 9.38. The molecule has 0 amide bonds. The number of aliphatic hydroxyl groups excluding tert-OH is 1. The van der Waals surface area contributed by atoms with Crippen LogP contribution in [0.15, 0.2) is 23.8 Å². The molecule has 25 heteroatoms. The van der Waals surface area contributed by atoms with E-state index in [1.807, 2.05) is 0 Å². The maximum absolute atomic E-state index is 13.2. The van der Waals surface area contributed by atoms with E-state index in [2.05, 4.69) is 29.9 Å². The van der Waals surface area contributed by atoms with Crippen molar-refractivity contribution in [2.45, 2.75) is 49.0 Å². The summed E-state index contributed by atoms with van der Waals surface area (Å²) in [6.07, 6.45) is -6.68. The van der Waals surface area contributed by atoms with Crippen LogP contribution in [0.1, 0.15) is 12.5 Å². The Balaban J connectivity index is 1.21. The number of nitrogens with two attached hydrogens (primary N) is 3. The van der Waals surface area contributed by atoms with Gasteiger partial charge in [0.2, 0.25) is 5.95 Å². The molecule has 3 fully saturated rings. The van der Waals surface area contributed by atoms with Crippen molar-refractivity contribution in [1.82, 2.24) is 39.0 Å². The van der Waals surface area contributed by atoms with E-state index in [9.17, 15) is 28.8 Å². The van der Waals surface area contributed by atoms with Crippen molar-refractivity contribution in [2.24, 2.45) is 5.73 Å². The van der Waals surface area contributed by atoms with Crippen molar-refractivity contribution in [1.29, 1.82) is 0 Å². The van der Waals surface area contributed by atoms with Crippen LogP contribution in [0.4, 0.5) is 11.8 Å². The molecular formula is C20H25N11O12P2. The monoisotopic (exact) mass is 673 g/mol. The number of aliphatic hydroxyl groups is 1. The fourth-order valence-corrected chi connectivity index (χ4v) is 7.26. The first-order chi connectivity index (χ1) is 21.3. The quantitative estimate of drug-likeness (QED) is 0.109. The highest BCUT2D eigenvalue weighted by atomic mass is 31.2. The van der Waals surface area contributed by atoms with E-state index in [0.717, 1.165) is 12.7 Å². The zero-order chi connectivity index (χ0) is 31.8. The molecule has 7 heterocycles. The number of rotatable bonds is 2. The van der Waals surface area contributed by atoms with Gasteiger partial charge < -0.3 is 41.6 Å². The lowest BCUT2D eigenvalue weighted by Gasteiger charge is -2.26. The van der Waals surface area contributed by atoms with E-state index in [4.69, 9.17) is 44.8 Å². The molecule has 0 aromatic carbocycles. The predicted molar refractivity (Wildman–Crippen MR) is 145 cm³/mol. The Labute approximate surface area is 249 Å². The first kappa shape index (κ1) is 30.2. The van der Waals surface area contributed by atoms with Gasteiger partial charge >= 0.3 is 15.6 Å². The van der Waals surface area contributed by atoms with Crippen molar-refractivity contribution in [3.63, 3.8) is 0 Å². The molecule has 10 N–H and O–H groups in total. The van der Waals surface area contributed by atoms with Gasteiger partial charge in [-0.2, -0.15) is 4.98 Å². The summed E-state index contributed by atoms with van der Waals surface area (Å²) in [5, 5.41) is 11.1. The van der Waals surface area contributed by atoms with Crippen LogP contribution in [0, 0.1) is 0 Å². The molecule has 0 radical (unpaired) electrons. The van der Waals surface area contributed by atoms with E-state index < -0.39 is 83.4 Å². The second kappa shape index (κ2) is 10.8. The molecule has 7 rings (SSSR count). The standard InChI is InChI=1S/C20H25N11O12P2/c21-8-6-1-38-44(34,35)42-12-7(41-18(11(12)32)30-4-26-9-14(22)24-3-25-15(9)30)2-39-45(36,37)43-13(8)19(40-6)31-5-27-10-16(31)28-20(23)29-17(10)33/h3-8,11-13,18-19,32H,1-2,21H2,(H,34,35)(H,36,37)(H2,22,24,25)(H3,23,28,29,33)/t6-,7?,8-,11-,12-,13-,18-,19-/m1/s1. The molecule has 45 heavy (non-hydrogen) atoms. The van der Waals surface area contributed by atoms with Crippen LogP contribution in [-0.2, 0) is 36.7 Å². The van der Waals surface area contributed by atoms with Crippen LogP contribution >= 0.6 is 15.6 Å². The Bertz CT molecular complexity index is 1940. The third kappa shape index (κ3) is 5.31. The summed E-state index contributed by atoms with van der Waals surface area (Å²) >= 11 is 0. The van der Waals surface area contributed by atoms with Gasteiger partial charge in [0, 0.05) is 0 Å². The largest absolute Gasteiger partial charge is 0.472 e. The van der Waals surface area contributed by atoms with E-state index in [1.54, 1.807) is 0 Å². The number of nitrogens with zero attached hydrogens (tertiary/aromatic N) is 7. The fraction of sp³-hybridized carbons (Fsp3) is 0.500. The minimum atomic E-state index is -5.03. The summed E-state index contributed by atoms with van der Waals surface area (Å²) in [5.41, 5.74) is 17.3. The van der Waals surface area contributed by atoms with Gasteiger partial charge in [0.1, 0.15) is 42.4 Å². The van der Waals surface area contributed by atoms with Gasteiger partial charge in [0.05, 0.1) is 31.9 Å². The van der Waals surface area contributed by atoms with Crippen LogP contribution < -0.4 is 22.8 Å². The maximum atomic E-state index is 13.2. The normalized spacial score (nSPS) is 37.7. The number of hydrogen-bond donors (Lipinski definition) is 7. The summed E-state index contributed by atoms with van der Waals surface area (Å²) < 4.78 is 61.7. The highest BCUT2D eigenvalue weighted by Crippen LogP contribution is 2.53. The Morgan fingerprint density at radius 1 is 0.867 bits per heavy atom. The van der Waals surface area contributed by atoms with E-state index in [1.165, 1.54) is 15.5 Å². The highest BCUT2D eigenvalue weighted by Gasteiger charge is 2.53. The lowest BCUT2D eigenvalue weighted by atomic mass is 10.1. The topological polar surface area (TPSA) is 335 Å². The molecule has 4 aromatic heterocycles. The lowest BCUT2D eigenvalue weighted by Crippen LogP contribution is -2.42. The lowest BCUT2D eigenvalue weighted by molar-refractivity contribution is -0.0670. The Morgan fingerprint density at radius 3 is 2.22 bits per heavy atom. The first-order valence-electron chi connectivity index (χ1n) is 13.0. The van der Waals surface area contributed by atoms with Crippen molar-refractivity contribution >= 4 is 49.7 Å². The number of imidazole rings is 2. The molecule has 2 bridgehead atoms. The average Bonchev–Trinajstić information content (AvgIpc) is 3.72. The number of nitrogens with one attached hydrogen (secondary N) is 1.